The van der Waals surface area contributed by atoms with Crippen molar-refractivity contribution in [1.82, 2.24) is 10.2 Å². The number of alkyl halides is 3. The van der Waals surface area contributed by atoms with Crippen molar-refractivity contribution in [3.8, 4) is 17.9 Å². The summed E-state index contributed by atoms with van der Waals surface area (Å²) in [6, 6.07) is 5.71. The number of carbonyl (C=O) groups excluding carboxylic acids is 1. The van der Waals surface area contributed by atoms with Crippen LogP contribution in [0.1, 0.15) is 36.8 Å². The molecule has 0 saturated carbocycles. The van der Waals surface area contributed by atoms with Gasteiger partial charge in [0.1, 0.15) is 24.5 Å². The van der Waals surface area contributed by atoms with E-state index in [4.69, 9.17) is 15.3 Å². The first-order valence-corrected chi connectivity index (χ1v) is 9.03. The molecule has 2 saturated heterocycles. The van der Waals surface area contributed by atoms with Crippen LogP contribution in [0.4, 0.5) is 13.2 Å². The average Bonchev–Trinajstić information content (AvgIpc) is 3.34. The Morgan fingerprint density at radius 2 is 2.07 bits per heavy atom. The average molecular weight is 392 g/mol. The van der Waals surface area contributed by atoms with E-state index in [1.807, 2.05) is 0 Å². The summed E-state index contributed by atoms with van der Waals surface area (Å²) in [5.41, 5.74) is -1.09. The molecule has 0 aliphatic carbocycles. The molecular weight excluding hydrogens is 373 g/mol. The van der Waals surface area contributed by atoms with Gasteiger partial charge in [-0.3, -0.25) is 10.1 Å². The minimum Gasteiger partial charge on any atom is -0.491 e. The number of halogens is 3. The number of hydrogen-bond acceptors (Lipinski definition) is 5. The number of hydrogen-bond donors (Lipinski definition) is 1. The third kappa shape index (κ3) is 4.20. The van der Waals surface area contributed by atoms with E-state index in [2.05, 4.69) is 11.4 Å². The van der Waals surface area contributed by atoms with Crippen LogP contribution in [0, 0.1) is 22.7 Å². The van der Waals surface area contributed by atoms with E-state index in [9.17, 15) is 18.0 Å². The third-order valence-corrected chi connectivity index (χ3v) is 5.09. The van der Waals surface area contributed by atoms with E-state index in [0.29, 0.717) is 25.8 Å². The molecule has 1 N–H and O–H groups in total. The number of ether oxygens (including phenoxy) is 1. The summed E-state index contributed by atoms with van der Waals surface area (Å²) in [6.45, 7) is 0.707. The largest absolute Gasteiger partial charge is 0.491 e. The minimum absolute atomic E-state index is 0.0798. The molecule has 1 aromatic rings. The van der Waals surface area contributed by atoms with Gasteiger partial charge in [0, 0.05) is 12.6 Å². The summed E-state index contributed by atoms with van der Waals surface area (Å²) < 4.78 is 43.8. The molecule has 0 aromatic heterocycles. The van der Waals surface area contributed by atoms with Crippen molar-refractivity contribution in [3.63, 3.8) is 0 Å². The SMILES string of the molecule is N#Cc1cc(C(F)(F)F)ccc1OC[C@H]1CC[C@@H](C(=O)N2CCC[C@H]2C#N)N1. The van der Waals surface area contributed by atoms with Gasteiger partial charge in [-0.2, -0.15) is 23.7 Å². The summed E-state index contributed by atoms with van der Waals surface area (Å²) in [7, 11) is 0. The van der Waals surface area contributed by atoms with Crippen LogP contribution in [0.3, 0.4) is 0 Å². The smallest absolute Gasteiger partial charge is 0.416 e. The fourth-order valence-corrected chi connectivity index (χ4v) is 3.62. The highest BCUT2D eigenvalue weighted by Crippen LogP contribution is 2.32. The summed E-state index contributed by atoms with van der Waals surface area (Å²) in [5.74, 6) is -0.0186. The van der Waals surface area contributed by atoms with Gasteiger partial charge in [-0.25, -0.2) is 0 Å². The van der Waals surface area contributed by atoms with Crippen LogP contribution in [0.25, 0.3) is 0 Å². The third-order valence-electron chi connectivity index (χ3n) is 5.09. The van der Waals surface area contributed by atoms with Crippen molar-refractivity contribution in [3.05, 3.63) is 29.3 Å². The highest BCUT2D eigenvalue weighted by atomic mass is 19.4. The van der Waals surface area contributed by atoms with E-state index in [-0.39, 0.29) is 35.9 Å². The van der Waals surface area contributed by atoms with Gasteiger partial charge in [0.15, 0.2) is 0 Å². The number of amides is 1. The second-order valence-corrected chi connectivity index (χ2v) is 6.94. The van der Waals surface area contributed by atoms with E-state index < -0.39 is 17.8 Å². The van der Waals surface area contributed by atoms with E-state index in [1.165, 1.54) is 0 Å². The Bertz CT molecular complexity index is 828. The number of rotatable bonds is 4. The number of nitrogens with one attached hydrogen (secondary N) is 1. The van der Waals surface area contributed by atoms with Crippen molar-refractivity contribution in [1.29, 1.82) is 10.5 Å². The van der Waals surface area contributed by atoms with Gasteiger partial charge in [-0.15, -0.1) is 0 Å². The van der Waals surface area contributed by atoms with Crippen LogP contribution < -0.4 is 10.1 Å². The molecule has 2 aliphatic heterocycles. The van der Waals surface area contributed by atoms with Gasteiger partial charge in [-0.05, 0) is 43.9 Å². The van der Waals surface area contributed by atoms with Crippen LogP contribution in [0.2, 0.25) is 0 Å². The van der Waals surface area contributed by atoms with Crippen LogP contribution in [0.15, 0.2) is 18.2 Å². The first kappa shape index (κ1) is 20.0. The zero-order valence-corrected chi connectivity index (χ0v) is 15.0. The second kappa shape index (κ2) is 8.07. The molecule has 3 rings (SSSR count). The zero-order valence-electron chi connectivity index (χ0n) is 15.0. The molecular formula is C19H19F3N4O2. The van der Waals surface area contributed by atoms with Crippen molar-refractivity contribution in [2.24, 2.45) is 0 Å². The molecule has 1 amide bonds. The van der Waals surface area contributed by atoms with Crippen molar-refractivity contribution < 1.29 is 22.7 Å². The van der Waals surface area contributed by atoms with Gasteiger partial charge < -0.3 is 9.64 Å². The fourth-order valence-electron chi connectivity index (χ4n) is 3.62. The normalized spacial score (nSPS) is 24.6. The molecule has 0 bridgehead atoms. The Hall–Kier alpha value is -2.78. The molecule has 0 radical (unpaired) electrons. The first-order chi connectivity index (χ1) is 13.3. The maximum atomic E-state index is 12.8. The fraction of sp³-hybridized carbons (Fsp3) is 0.526. The molecule has 2 fully saturated rings. The predicted molar refractivity (Wildman–Crippen MR) is 91.9 cm³/mol. The molecule has 6 nitrogen and oxygen atoms in total. The summed E-state index contributed by atoms with van der Waals surface area (Å²) in [4.78, 5) is 14.2. The molecule has 2 heterocycles. The summed E-state index contributed by atoms with van der Waals surface area (Å²) >= 11 is 0. The first-order valence-electron chi connectivity index (χ1n) is 9.03. The van der Waals surface area contributed by atoms with Gasteiger partial charge in [0.25, 0.3) is 0 Å². The Morgan fingerprint density at radius 3 is 2.75 bits per heavy atom. The summed E-state index contributed by atoms with van der Waals surface area (Å²) in [6.07, 6.45) is -1.77. The number of nitriles is 2. The Kier molecular flexibility index (Phi) is 5.76. The Morgan fingerprint density at radius 1 is 1.29 bits per heavy atom. The number of benzene rings is 1. The van der Waals surface area contributed by atoms with Crippen LogP contribution in [-0.2, 0) is 11.0 Å². The van der Waals surface area contributed by atoms with Gasteiger partial charge in [0.05, 0.1) is 23.2 Å². The van der Waals surface area contributed by atoms with E-state index >= 15 is 0 Å². The second-order valence-electron chi connectivity index (χ2n) is 6.94. The summed E-state index contributed by atoms with van der Waals surface area (Å²) in [5, 5.41) is 21.4. The van der Waals surface area contributed by atoms with Crippen molar-refractivity contribution in [2.45, 2.75) is 50.0 Å². The highest BCUT2D eigenvalue weighted by molar-refractivity contribution is 5.83. The maximum absolute atomic E-state index is 12.8. The lowest BCUT2D eigenvalue weighted by atomic mass is 10.1. The van der Waals surface area contributed by atoms with E-state index in [1.54, 1.807) is 11.0 Å². The molecule has 3 atom stereocenters. The lowest BCUT2D eigenvalue weighted by Gasteiger charge is -2.24. The lowest BCUT2D eigenvalue weighted by Crippen LogP contribution is -2.47. The zero-order chi connectivity index (χ0) is 20.3. The molecule has 148 valence electrons. The van der Waals surface area contributed by atoms with Gasteiger partial charge >= 0.3 is 6.18 Å². The Labute approximate surface area is 160 Å². The van der Waals surface area contributed by atoms with Crippen molar-refractivity contribution in [2.75, 3.05) is 13.2 Å². The molecule has 0 spiro atoms. The number of nitrogens with zero attached hydrogens (tertiary/aromatic N) is 3. The maximum Gasteiger partial charge on any atom is 0.416 e. The number of carbonyl (C=O) groups is 1. The van der Waals surface area contributed by atoms with Gasteiger partial charge in [-0.1, -0.05) is 0 Å². The van der Waals surface area contributed by atoms with Crippen LogP contribution in [-0.4, -0.2) is 42.1 Å². The molecule has 0 unspecified atom stereocenters. The van der Waals surface area contributed by atoms with Crippen molar-refractivity contribution >= 4 is 5.91 Å². The van der Waals surface area contributed by atoms with Crippen LogP contribution in [0.5, 0.6) is 5.75 Å². The highest BCUT2D eigenvalue weighted by Gasteiger charge is 2.37. The molecule has 28 heavy (non-hydrogen) atoms. The van der Waals surface area contributed by atoms with Crippen LogP contribution >= 0.6 is 0 Å². The number of likely N-dealkylation sites (tertiary alicyclic amines) is 1. The minimum atomic E-state index is -4.53. The monoisotopic (exact) mass is 392 g/mol. The predicted octanol–water partition coefficient (Wildman–Crippen LogP) is 2.59. The molecule has 1 aromatic carbocycles. The molecule has 9 heteroatoms. The lowest BCUT2D eigenvalue weighted by molar-refractivity contribution is -0.137. The molecule has 2 aliphatic rings. The standard InChI is InChI=1S/C19H19F3N4O2/c20-19(21,22)13-3-6-17(12(8-13)9-23)28-11-14-4-5-16(25-14)18(27)26-7-1-2-15(26)10-24/h3,6,8,14-16,25H,1-2,4-5,7,11H2/t14-,15+,16+/m1/s1. The van der Waals surface area contributed by atoms with E-state index in [0.717, 1.165) is 24.6 Å². The van der Waals surface area contributed by atoms with Gasteiger partial charge in [0.2, 0.25) is 5.91 Å². The Balaban J connectivity index is 1.57. The topological polar surface area (TPSA) is 89.2 Å². The quantitative estimate of drug-likeness (QED) is 0.851.